The van der Waals surface area contributed by atoms with Crippen molar-refractivity contribution in [3.05, 3.63) is 0 Å². The quantitative estimate of drug-likeness (QED) is 0.250. The average molecular weight is 126 g/mol. The van der Waals surface area contributed by atoms with Gasteiger partial charge in [0, 0.05) is 0 Å². The first-order chi connectivity index (χ1) is 0. The maximum atomic E-state index is 0. The molecule has 0 spiro atoms. The van der Waals surface area contributed by atoms with Crippen LogP contribution in [0.2, 0.25) is 0 Å². The van der Waals surface area contributed by atoms with Gasteiger partial charge in [0.25, 0.3) is 0 Å². The summed E-state index contributed by atoms with van der Waals surface area (Å²) < 4.78 is 0. The van der Waals surface area contributed by atoms with E-state index in [2.05, 4.69) is 0 Å². The van der Waals surface area contributed by atoms with Crippen molar-refractivity contribution in [1.29, 1.82) is 0 Å². The first kappa shape index (κ1) is 26.0. The van der Waals surface area contributed by atoms with Gasteiger partial charge in [0.15, 0.2) is 0 Å². The summed E-state index contributed by atoms with van der Waals surface area (Å²) in [7, 11) is 0. The minimum atomic E-state index is 0. The summed E-state index contributed by atoms with van der Waals surface area (Å²) in [5, 5.41) is 0. The predicted molar refractivity (Wildman–Crippen MR) is 35.3 cm³/mol. The second-order valence-corrected chi connectivity index (χ2v) is 0. The van der Waals surface area contributed by atoms with Gasteiger partial charge in [0.05, 0.1) is 0 Å². The Morgan fingerprint density at radius 1 is 1.00 bits per heavy atom. The molecule has 0 saturated carbocycles. The normalized spacial score (nSPS) is 0. The molecule has 0 saturated heterocycles. The van der Waals surface area contributed by atoms with Gasteiger partial charge >= 0.3 is 90.3 Å². The second kappa shape index (κ2) is 16.1. The van der Waals surface area contributed by atoms with Crippen LogP contribution in [0.25, 0.3) is 0 Å². The van der Waals surface area contributed by atoms with Crippen molar-refractivity contribution >= 4 is 100 Å². The van der Waals surface area contributed by atoms with E-state index < -0.39 is 0 Å². The number of hydrogen-bond acceptors (Lipinski definition) is 0. The molecule has 1 unspecified atom stereocenters. The fourth-order valence-corrected chi connectivity index (χ4v) is 0. The van der Waals surface area contributed by atoms with Crippen LogP contribution in [-0.4, -0.2) is 90.3 Å². The van der Waals surface area contributed by atoms with Crippen LogP contribution in [0.1, 0.15) is 0 Å². The zero-order chi connectivity index (χ0) is 0. The summed E-state index contributed by atoms with van der Waals surface area (Å²) in [4.78, 5) is 0. The van der Waals surface area contributed by atoms with Crippen molar-refractivity contribution in [2.75, 3.05) is 0 Å². The van der Waals surface area contributed by atoms with Crippen molar-refractivity contribution in [1.82, 2.24) is 0 Å². The average Bonchev–Trinajstić information content (AvgIpc) is 0. The van der Waals surface area contributed by atoms with Crippen LogP contribution in [0.15, 0.2) is 0 Å². The predicted octanol–water partition coefficient (Wildman–Crippen LogP) is -2.42. The molecule has 0 aliphatic heterocycles. The Kier molecular flexibility index (Phi) is 105. The molecule has 4 heteroatoms. The molecule has 0 aliphatic rings. The SMILES string of the molecule is P.[CaH2].[MgH2].[NaH]. The number of rotatable bonds is 0. The van der Waals surface area contributed by atoms with E-state index in [9.17, 15) is 0 Å². The Balaban J connectivity index is 0. The fraction of sp³-hybridized carbons (Fsp3) is 0. The summed E-state index contributed by atoms with van der Waals surface area (Å²) >= 11 is 0. The van der Waals surface area contributed by atoms with Crippen LogP contribution in [0.5, 0.6) is 0 Å². The van der Waals surface area contributed by atoms with Crippen molar-refractivity contribution in [3.8, 4) is 0 Å². The standard InChI is InChI=1S/Ca.Mg.Na.H3P.5H/h;;;1H3;;;;;. The molecule has 1 atom stereocenters. The van der Waals surface area contributed by atoms with Gasteiger partial charge in [0.1, 0.15) is 0 Å². The molecule has 0 heterocycles. The van der Waals surface area contributed by atoms with E-state index in [1.807, 2.05) is 0 Å². The van der Waals surface area contributed by atoms with Gasteiger partial charge in [0.2, 0.25) is 0 Å². The first-order valence-corrected chi connectivity index (χ1v) is 0. The van der Waals surface area contributed by atoms with Crippen molar-refractivity contribution in [2.45, 2.75) is 0 Å². The Bertz CT molecular complexity index is 8.00. The van der Waals surface area contributed by atoms with E-state index in [1.54, 1.807) is 0 Å². The zero-order valence-corrected chi connectivity index (χ0v) is 2.12. The molecule has 18 valence electrons. The van der Waals surface area contributed by atoms with Crippen molar-refractivity contribution in [3.63, 3.8) is 0 Å². The first-order valence-electron chi connectivity index (χ1n) is 0. The number of hydrogen-bond donors (Lipinski definition) is 0. The zero-order valence-electron chi connectivity index (χ0n) is 0.707. The molecule has 0 bridgehead atoms. The third kappa shape index (κ3) is 9.07. The van der Waals surface area contributed by atoms with Crippen molar-refractivity contribution < 1.29 is 0 Å². The third-order valence-corrected chi connectivity index (χ3v) is 0. The molecule has 0 aliphatic carbocycles. The second-order valence-electron chi connectivity index (χ2n) is 0. The molecule has 0 fully saturated rings. The fourth-order valence-electron chi connectivity index (χ4n) is 0. The van der Waals surface area contributed by atoms with E-state index >= 15 is 0 Å². The Labute approximate surface area is 97.9 Å². The molecular formula is H8CaMgNaP. The van der Waals surface area contributed by atoms with Crippen molar-refractivity contribution in [2.24, 2.45) is 0 Å². The molecule has 0 amide bonds. The topological polar surface area (TPSA) is 0 Å². The van der Waals surface area contributed by atoms with Gasteiger partial charge in [-0.3, -0.25) is 0 Å². The van der Waals surface area contributed by atoms with E-state index in [0.29, 0.717) is 0 Å². The molecular weight excluding hydrogens is 118 g/mol. The third-order valence-electron chi connectivity index (χ3n) is 0. The Hall–Kier alpha value is 3.46. The monoisotopic (exact) mass is 126 g/mol. The molecule has 0 aromatic carbocycles. The summed E-state index contributed by atoms with van der Waals surface area (Å²) in [5.74, 6) is 0. The van der Waals surface area contributed by atoms with Gasteiger partial charge in [-0.15, -0.1) is 0 Å². The minimum absolute atomic E-state index is 0. The molecule has 0 radical (unpaired) electrons. The summed E-state index contributed by atoms with van der Waals surface area (Å²) in [6.45, 7) is 0. The Morgan fingerprint density at radius 2 is 1.00 bits per heavy atom. The van der Waals surface area contributed by atoms with Crippen LogP contribution >= 0.6 is 9.90 Å². The van der Waals surface area contributed by atoms with Gasteiger partial charge in [-0.1, -0.05) is 0 Å². The van der Waals surface area contributed by atoms with Crippen LogP contribution in [0.3, 0.4) is 0 Å². The van der Waals surface area contributed by atoms with E-state index in [4.69, 9.17) is 0 Å². The molecule has 0 aromatic heterocycles. The molecule has 4 heavy (non-hydrogen) atoms. The van der Waals surface area contributed by atoms with Gasteiger partial charge in [-0.25, -0.2) is 0 Å². The summed E-state index contributed by atoms with van der Waals surface area (Å²) in [6, 6.07) is 0. The summed E-state index contributed by atoms with van der Waals surface area (Å²) in [5.41, 5.74) is 0. The van der Waals surface area contributed by atoms with E-state index in [-0.39, 0.29) is 100 Å². The summed E-state index contributed by atoms with van der Waals surface area (Å²) in [6.07, 6.45) is 0. The molecule has 0 rings (SSSR count). The van der Waals surface area contributed by atoms with Crippen LogP contribution in [0.4, 0.5) is 0 Å². The van der Waals surface area contributed by atoms with Gasteiger partial charge < -0.3 is 0 Å². The van der Waals surface area contributed by atoms with Crippen LogP contribution in [0, 0.1) is 0 Å². The van der Waals surface area contributed by atoms with Crippen LogP contribution < -0.4 is 0 Å². The molecule has 0 N–H and O–H groups in total. The molecule has 0 aromatic rings. The molecule has 0 nitrogen and oxygen atoms in total. The maximum absolute atomic E-state index is 0. The van der Waals surface area contributed by atoms with Gasteiger partial charge in [-0.2, -0.15) is 9.90 Å². The van der Waals surface area contributed by atoms with Gasteiger partial charge in [-0.05, 0) is 0 Å². The Morgan fingerprint density at radius 3 is 1.00 bits per heavy atom. The van der Waals surface area contributed by atoms with E-state index in [0.717, 1.165) is 0 Å². The van der Waals surface area contributed by atoms with E-state index in [1.165, 1.54) is 0 Å². The van der Waals surface area contributed by atoms with Crippen LogP contribution in [-0.2, 0) is 0 Å².